The number of rotatable bonds is 6. The van der Waals surface area contributed by atoms with Crippen molar-refractivity contribution in [3.8, 4) is 11.1 Å². The summed E-state index contributed by atoms with van der Waals surface area (Å²) in [6.07, 6.45) is 1.49. The molecule has 1 amide bonds. The molecule has 2 aromatic heterocycles. The molecule has 0 aliphatic rings. The number of carbonyl (C=O) groups excluding carboxylic acids is 1. The molecule has 4 aromatic rings. The lowest BCUT2D eigenvalue weighted by molar-refractivity contribution is 0.0997. The van der Waals surface area contributed by atoms with E-state index < -0.39 is 0 Å². The summed E-state index contributed by atoms with van der Waals surface area (Å²) >= 11 is 2.75. The summed E-state index contributed by atoms with van der Waals surface area (Å²) in [5.41, 5.74) is 2.60. The van der Waals surface area contributed by atoms with Crippen molar-refractivity contribution in [2.45, 2.75) is 10.1 Å². The Hall–Kier alpha value is -2.97. The Morgan fingerprint density at radius 3 is 2.64 bits per heavy atom. The first-order valence-electron chi connectivity index (χ1n) is 8.34. The molecule has 0 radical (unpaired) electrons. The Morgan fingerprint density at radius 2 is 1.86 bits per heavy atom. The van der Waals surface area contributed by atoms with Gasteiger partial charge in [-0.05, 0) is 29.3 Å². The molecule has 0 fully saturated rings. The first-order valence-corrected chi connectivity index (χ1v) is 10.1. The molecule has 4 rings (SSSR count). The predicted molar refractivity (Wildman–Crippen MR) is 108 cm³/mol. The molecular weight excluding hydrogens is 397 g/mol. The molecule has 140 valence electrons. The number of nitrogens with one attached hydrogen (secondary N) is 1. The summed E-state index contributed by atoms with van der Waals surface area (Å²) in [5.74, 6) is 0.221. The van der Waals surface area contributed by atoms with E-state index in [9.17, 15) is 9.18 Å². The van der Waals surface area contributed by atoms with Crippen LogP contribution in [0, 0.1) is 5.82 Å². The molecule has 0 atom stereocenters. The van der Waals surface area contributed by atoms with Crippen LogP contribution in [0.25, 0.3) is 11.1 Å². The second-order valence-corrected chi connectivity index (χ2v) is 7.97. The van der Waals surface area contributed by atoms with Gasteiger partial charge in [-0.1, -0.05) is 65.6 Å². The van der Waals surface area contributed by atoms with Crippen LogP contribution in [-0.2, 0) is 5.75 Å². The highest BCUT2D eigenvalue weighted by atomic mass is 32.2. The third kappa shape index (κ3) is 4.29. The van der Waals surface area contributed by atoms with Gasteiger partial charge in [-0.2, -0.15) is 0 Å². The van der Waals surface area contributed by atoms with E-state index in [0.29, 0.717) is 20.8 Å². The minimum atomic E-state index is -0.380. The summed E-state index contributed by atoms with van der Waals surface area (Å²) in [4.78, 5) is 12.6. The Morgan fingerprint density at radius 1 is 1.07 bits per heavy atom. The average molecular weight is 411 g/mol. The maximum absolute atomic E-state index is 13.0. The fourth-order valence-corrected chi connectivity index (χ4v) is 4.23. The lowest BCUT2D eigenvalue weighted by Gasteiger charge is -2.02. The highest BCUT2D eigenvalue weighted by molar-refractivity contribution is 8.00. The topological polar surface area (TPSA) is 68.0 Å². The van der Waals surface area contributed by atoms with E-state index in [1.54, 1.807) is 18.2 Å². The van der Waals surface area contributed by atoms with Crippen molar-refractivity contribution in [2.75, 3.05) is 5.32 Å². The summed E-state index contributed by atoms with van der Waals surface area (Å²) in [6, 6.07) is 17.6. The molecule has 0 spiro atoms. The van der Waals surface area contributed by atoms with Gasteiger partial charge in [0.2, 0.25) is 5.13 Å². The molecule has 0 saturated heterocycles. The van der Waals surface area contributed by atoms with Gasteiger partial charge in [0.1, 0.15) is 5.82 Å². The van der Waals surface area contributed by atoms with Crippen LogP contribution in [0.15, 0.2) is 75.7 Å². The first-order chi connectivity index (χ1) is 13.7. The van der Waals surface area contributed by atoms with Crippen molar-refractivity contribution < 1.29 is 13.6 Å². The van der Waals surface area contributed by atoms with Gasteiger partial charge in [0.25, 0.3) is 5.91 Å². The van der Waals surface area contributed by atoms with Crippen LogP contribution in [0.3, 0.4) is 0 Å². The normalized spacial score (nSPS) is 10.8. The molecule has 0 aliphatic carbocycles. The number of hydrogen-bond donors (Lipinski definition) is 1. The van der Waals surface area contributed by atoms with Gasteiger partial charge in [-0.25, -0.2) is 4.39 Å². The molecule has 2 aromatic carbocycles. The molecule has 8 heteroatoms. The Bertz CT molecular complexity index is 1080. The molecule has 0 aliphatic heterocycles. The molecule has 1 N–H and O–H groups in total. The van der Waals surface area contributed by atoms with Gasteiger partial charge in [0, 0.05) is 11.3 Å². The number of amides is 1. The van der Waals surface area contributed by atoms with E-state index in [0.717, 1.165) is 11.1 Å². The standard InChI is InChI=1S/C20H14FN3O2S2/c21-15-8-6-13(7-9-15)12-27-20-24-23-19(28-20)22-18(25)17-16(10-11-26-17)14-4-2-1-3-5-14/h1-11H,12H2,(H,22,23,25). The predicted octanol–water partition coefficient (Wildman–Crippen LogP) is 5.48. The van der Waals surface area contributed by atoms with Crippen molar-refractivity contribution in [1.82, 2.24) is 10.2 Å². The Balaban J connectivity index is 1.41. The number of anilines is 1. The molecular formula is C20H14FN3O2S2. The molecule has 28 heavy (non-hydrogen) atoms. The van der Waals surface area contributed by atoms with Gasteiger partial charge in [0.05, 0.1) is 6.26 Å². The van der Waals surface area contributed by atoms with Crippen LogP contribution in [0.4, 0.5) is 9.52 Å². The largest absolute Gasteiger partial charge is 0.459 e. The number of halogens is 1. The van der Waals surface area contributed by atoms with Gasteiger partial charge in [-0.15, -0.1) is 10.2 Å². The smallest absolute Gasteiger partial charge is 0.293 e. The third-order valence-electron chi connectivity index (χ3n) is 3.86. The summed E-state index contributed by atoms with van der Waals surface area (Å²) in [6.45, 7) is 0. The molecule has 0 bridgehead atoms. The number of benzene rings is 2. The third-order valence-corrected chi connectivity index (χ3v) is 5.90. The van der Waals surface area contributed by atoms with Crippen LogP contribution in [0.1, 0.15) is 16.1 Å². The van der Waals surface area contributed by atoms with Gasteiger partial charge >= 0.3 is 0 Å². The van der Waals surface area contributed by atoms with Crippen LogP contribution in [0.5, 0.6) is 0 Å². The number of aromatic nitrogens is 2. The second-order valence-electron chi connectivity index (χ2n) is 5.77. The van der Waals surface area contributed by atoms with Crippen molar-refractivity contribution in [3.63, 3.8) is 0 Å². The number of hydrogen-bond acceptors (Lipinski definition) is 6. The quantitative estimate of drug-likeness (QED) is 0.336. The summed E-state index contributed by atoms with van der Waals surface area (Å²) in [7, 11) is 0. The first kappa shape index (κ1) is 18.4. The Labute approximate surface area is 168 Å². The Kier molecular flexibility index (Phi) is 5.50. The molecule has 0 unspecified atom stereocenters. The van der Waals surface area contributed by atoms with Crippen molar-refractivity contribution in [2.24, 2.45) is 0 Å². The van der Waals surface area contributed by atoms with Crippen LogP contribution >= 0.6 is 23.1 Å². The van der Waals surface area contributed by atoms with E-state index in [2.05, 4.69) is 15.5 Å². The summed E-state index contributed by atoms with van der Waals surface area (Å²) in [5, 5.41) is 11.2. The van der Waals surface area contributed by atoms with E-state index in [1.807, 2.05) is 30.3 Å². The maximum atomic E-state index is 13.0. The van der Waals surface area contributed by atoms with Crippen LogP contribution in [-0.4, -0.2) is 16.1 Å². The van der Waals surface area contributed by atoms with Crippen LogP contribution < -0.4 is 5.32 Å². The number of thioether (sulfide) groups is 1. The number of carbonyl (C=O) groups is 1. The van der Waals surface area contributed by atoms with Crippen molar-refractivity contribution in [3.05, 3.63) is 84.1 Å². The SMILES string of the molecule is O=C(Nc1nnc(SCc2ccc(F)cc2)s1)c1occc1-c1ccccc1. The maximum Gasteiger partial charge on any atom is 0.293 e. The number of furan rings is 1. The van der Waals surface area contributed by atoms with E-state index >= 15 is 0 Å². The van der Waals surface area contributed by atoms with Crippen LogP contribution in [0.2, 0.25) is 0 Å². The average Bonchev–Trinajstić information content (AvgIpc) is 3.38. The lowest BCUT2D eigenvalue weighted by atomic mass is 10.1. The fourth-order valence-electron chi connectivity index (χ4n) is 2.53. The zero-order chi connectivity index (χ0) is 19.3. The van der Waals surface area contributed by atoms with Crippen molar-refractivity contribution >= 4 is 34.1 Å². The highest BCUT2D eigenvalue weighted by Crippen LogP contribution is 2.30. The van der Waals surface area contributed by atoms with E-state index in [-0.39, 0.29) is 17.5 Å². The van der Waals surface area contributed by atoms with Crippen molar-refractivity contribution in [1.29, 1.82) is 0 Å². The molecule has 5 nitrogen and oxygen atoms in total. The fraction of sp³-hybridized carbons (Fsp3) is 0.0500. The monoisotopic (exact) mass is 411 g/mol. The van der Waals surface area contributed by atoms with Gasteiger partial charge < -0.3 is 4.42 Å². The van der Waals surface area contributed by atoms with E-state index in [4.69, 9.17) is 4.42 Å². The highest BCUT2D eigenvalue weighted by Gasteiger charge is 2.18. The zero-order valence-electron chi connectivity index (χ0n) is 14.5. The zero-order valence-corrected chi connectivity index (χ0v) is 16.1. The van der Waals surface area contributed by atoms with Gasteiger partial charge in [0.15, 0.2) is 10.1 Å². The summed E-state index contributed by atoms with van der Waals surface area (Å²) < 4.78 is 19.0. The second kappa shape index (κ2) is 8.37. The van der Waals surface area contributed by atoms with Gasteiger partial charge in [-0.3, -0.25) is 10.1 Å². The lowest BCUT2D eigenvalue weighted by Crippen LogP contribution is -2.11. The molecule has 0 saturated carbocycles. The van der Waals surface area contributed by atoms with E-state index in [1.165, 1.54) is 41.5 Å². The minimum absolute atomic E-state index is 0.224. The minimum Gasteiger partial charge on any atom is -0.459 e. The molecule has 2 heterocycles. The number of nitrogens with zero attached hydrogens (tertiary/aromatic N) is 2.